The van der Waals surface area contributed by atoms with E-state index in [2.05, 4.69) is 46.4 Å². The topological polar surface area (TPSA) is 132 Å². The number of anilines is 2. The second-order valence-electron chi connectivity index (χ2n) is 13.3. The molecule has 0 spiro atoms. The van der Waals surface area contributed by atoms with Crippen molar-refractivity contribution in [1.29, 1.82) is 0 Å². The van der Waals surface area contributed by atoms with Crippen LogP contribution in [0.25, 0.3) is 22.3 Å². The molecule has 3 fully saturated rings. The number of hydrogen-bond acceptors (Lipinski definition) is 9. The summed E-state index contributed by atoms with van der Waals surface area (Å²) >= 11 is 0. The number of fused-ring (bicyclic) bond motifs is 1. The fraction of sp³-hybridized carbons (Fsp3) is 0.432. The molecule has 2 amide bonds. The molecule has 2 atom stereocenters. The number of nitrogens with zero attached hydrogens (tertiary/aromatic N) is 6. The Morgan fingerprint density at radius 2 is 1.78 bits per heavy atom. The van der Waals surface area contributed by atoms with Crippen LogP contribution in [-0.2, 0) is 16.1 Å². The number of benzene rings is 1. The summed E-state index contributed by atoms with van der Waals surface area (Å²) in [4.78, 5) is 49.1. The predicted octanol–water partition coefficient (Wildman–Crippen LogP) is 4.18. The molecule has 0 aliphatic carbocycles. The number of rotatable bonds is 10. The Balaban J connectivity index is 0.915. The number of halogens is 1. The summed E-state index contributed by atoms with van der Waals surface area (Å²) < 4.78 is 19.1. The minimum Gasteiger partial charge on any atom is -0.378 e. The molecule has 0 bridgehead atoms. The number of aromatic nitrogens is 4. The van der Waals surface area contributed by atoms with Crippen molar-refractivity contribution >= 4 is 34.4 Å². The number of amides is 2. The Kier molecular flexibility index (Phi) is 10.7. The number of nitrogens with one attached hydrogen (secondary N) is 3. The lowest BCUT2D eigenvalue weighted by Gasteiger charge is -2.33. The van der Waals surface area contributed by atoms with Crippen molar-refractivity contribution in [2.24, 2.45) is 0 Å². The monoisotopic (exact) mass is 681 g/mol. The van der Waals surface area contributed by atoms with Crippen LogP contribution in [0.5, 0.6) is 0 Å². The van der Waals surface area contributed by atoms with Gasteiger partial charge in [0.15, 0.2) is 0 Å². The molecule has 0 unspecified atom stereocenters. The van der Waals surface area contributed by atoms with Crippen LogP contribution in [0.15, 0.2) is 67.1 Å². The molecule has 0 saturated carbocycles. The Labute approximate surface area is 291 Å². The Morgan fingerprint density at radius 1 is 0.960 bits per heavy atom. The van der Waals surface area contributed by atoms with Crippen molar-refractivity contribution in [3.05, 3.63) is 78.4 Å². The predicted molar refractivity (Wildman–Crippen MR) is 191 cm³/mol. The Bertz CT molecular complexity index is 1810. The lowest BCUT2D eigenvalue weighted by Crippen LogP contribution is -2.47. The number of hydrogen-bond donors (Lipinski definition) is 3. The van der Waals surface area contributed by atoms with Crippen LogP contribution in [0, 0.1) is 0 Å². The number of alkyl halides is 1. The fourth-order valence-electron chi connectivity index (χ4n) is 7.03. The van der Waals surface area contributed by atoms with Crippen LogP contribution in [-0.4, -0.2) is 113 Å². The maximum absolute atomic E-state index is 13.6. The van der Waals surface area contributed by atoms with E-state index in [-0.39, 0.29) is 17.9 Å². The van der Waals surface area contributed by atoms with Crippen LogP contribution in [0.3, 0.4) is 0 Å². The van der Waals surface area contributed by atoms with Crippen molar-refractivity contribution in [1.82, 2.24) is 35.1 Å². The summed E-state index contributed by atoms with van der Waals surface area (Å²) in [7, 11) is 0. The zero-order valence-corrected chi connectivity index (χ0v) is 28.2. The summed E-state index contributed by atoms with van der Waals surface area (Å²) in [5.41, 5.74) is 4.66. The maximum atomic E-state index is 13.6. The normalized spacial score (nSPS) is 20.7. The van der Waals surface area contributed by atoms with E-state index in [0.29, 0.717) is 50.7 Å². The SMILES string of the molecule is O=C(/C=C/CN1CCC[C@@H](F)C1)N[C@@H]1CCCN(Cc2ccnc(C(=O)Nc3ccc(-c4cc5c(N6CCOCC6)ncnc5[nH]4)cc3)c2)C1. The molecule has 3 aliphatic rings. The maximum Gasteiger partial charge on any atom is 0.274 e. The van der Waals surface area contributed by atoms with Gasteiger partial charge in [-0.3, -0.25) is 24.4 Å². The largest absolute Gasteiger partial charge is 0.378 e. The molecule has 6 heterocycles. The minimum atomic E-state index is -0.771. The van der Waals surface area contributed by atoms with Crippen LogP contribution in [0.2, 0.25) is 0 Å². The highest BCUT2D eigenvalue weighted by Gasteiger charge is 2.22. The summed E-state index contributed by atoms with van der Waals surface area (Å²) in [5, 5.41) is 7.06. The molecule has 0 radical (unpaired) electrons. The smallest absolute Gasteiger partial charge is 0.274 e. The zero-order chi connectivity index (χ0) is 34.3. The van der Waals surface area contributed by atoms with Gasteiger partial charge in [-0.25, -0.2) is 14.4 Å². The summed E-state index contributed by atoms with van der Waals surface area (Å²) in [6, 6.07) is 13.5. The van der Waals surface area contributed by atoms with E-state index in [9.17, 15) is 14.0 Å². The molecule has 12 nitrogen and oxygen atoms in total. The molecular formula is C37H44FN9O3. The summed E-state index contributed by atoms with van der Waals surface area (Å²) in [5.74, 6) is 0.505. The molecule has 13 heteroatoms. The van der Waals surface area contributed by atoms with Crippen LogP contribution >= 0.6 is 0 Å². The molecule has 3 aromatic heterocycles. The van der Waals surface area contributed by atoms with Gasteiger partial charge in [-0.1, -0.05) is 18.2 Å². The van der Waals surface area contributed by atoms with Gasteiger partial charge in [-0.05, 0) is 80.2 Å². The van der Waals surface area contributed by atoms with Gasteiger partial charge in [-0.15, -0.1) is 0 Å². The third kappa shape index (κ3) is 8.52. The highest BCUT2D eigenvalue weighted by Crippen LogP contribution is 2.30. The number of morpholine rings is 1. The van der Waals surface area contributed by atoms with E-state index >= 15 is 0 Å². The molecule has 3 aliphatic heterocycles. The number of pyridine rings is 1. The first-order valence-electron chi connectivity index (χ1n) is 17.6. The zero-order valence-electron chi connectivity index (χ0n) is 28.2. The van der Waals surface area contributed by atoms with Crippen molar-refractivity contribution in [3.63, 3.8) is 0 Å². The van der Waals surface area contributed by atoms with Crippen LogP contribution < -0.4 is 15.5 Å². The third-order valence-corrected chi connectivity index (χ3v) is 9.56. The molecule has 4 aromatic rings. The van der Waals surface area contributed by atoms with E-state index in [1.54, 1.807) is 18.6 Å². The number of carbonyl (C=O) groups excluding carboxylic acids is 2. The molecule has 1 aromatic carbocycles. The van der Waals surface area contributed by atoms with E-state index in [0.717, 1.165) is 85.7 Å². The number of aromatic amines is 1. The molecule has 3 N–H and O–H groups in total. The standard InChI is InChI=1S/C37H44FN9O3/c38-28-4-1-13-45(23-28)14-3-6-34(48)42-30-5-2-15-46(24-30)22-26-11-12-39-33(20-26)37(49)43-29-9-7-27(8-10-29)32-21-31-35(44-32)40-25-41-36(31)47-16-18-50-19-17-47/h3,6-12,20-21,25,28,30H,1-2,4-5,13-19,22-24H2,(H,42,48)(H,43,49)(H,40,41,44)/b6-3+/t28-,30-/m1/s1. The average molecular weight is 682 g/mol. The van der Waals surface area contributed by atoms with E-state index in [1.165, 1.54) is 0 Å². The van der Waals surface area contributed by atoms with Crippen LogP contribution in [0.4, 0.5) is 15.9 Å². The van der Waals surface area contributed by atoms with E-state index < -0.39 is 6.17 Å². The molecule has 3 saturated heterocycles. The van der Waals surface area contributed by atoms with Crippen LogP contribution in [0.1, 0.15) is 41.7 Å². The molecule has 7 rings (SSSR count). The first kappa shape index (κ1) is 33.8. The second kappa shape index (κ2) is 15.9. The van der Waals surface area contributed by atoms with Gasteiger partial charge in [0.05, 0.1) is 18.6 Å². The van der Waals surface area contributed by atoms with Gasteiger partial charge in [0.25, 0.3) is 5.91 Å². The number of carbonyl (C=O) groups is 2. The quantitative estimate of drug-likeness (QED) is 0.211. The lowest BCUT2D eigenvalue weighted by molar-refractivity contribution is -0.117. The van der Waals surface area contributed by atoms with Gasteiger partial charge in [-0.2, -0.15) is 0 Å². The Hall–Kier alpha value is -4.72. The van der Waals surface area contributed by atoms with Crippen molar-refractivity contribution in [2.75, 3.05) is 69.2 Å². The first-order chi connectivity index (χ1) is 24.5. The van der Waals surface area contributed by atoms with Crippen molar-refractivity contribution in [3.8, 4) is 11.3 Å². The molecule has 262 valence electrons. The number of H-pyrrole nitrogens is 1. The van der Waals surface area contributed by atoms with Gasteiger partial charge < -0.3 is 25.3 Å². The number of likely N-dealkylation sites (tertiary alicyclic amines) is 2. The van der Waals surface area contributed by atoms with Crippen molar-refractivity contribution < 1.29 is 18.7 Å². The number of piperidine rings is 2. The number of ether oxygens (including phenoxy) is 1. The second-order valence-corrected chi connectivity index (χ2v) is 13.3. The molecule has 50 heavy (non-hydrogen) atoms. The summed E-state index contributed by atoms with van der Waals surface area (Å²) in [6.07, 6.45) is 9.25. The highest BCUT2D eigenvalue weighted by molar-refractivity contribution is 6.03. The third-order valence-electron chi connectivity index (χ3n) is 9.56. The Morgan fingerprint density at radius 3 is 2.62 bits per heavy atom. The van der Waals surface area contributed by atoms with Gasteiger partial charge in [0, 0.05) is 69.0 Å². The highest BCUT2D eigenvalue weighted by atomic mass is 19.1. The average Bonchev–Trinajstić information content (AvgIpc) is 3.57. The fourth-order valence-corrected chi connectivity index (χ4v) is 7.03. The lowest BCUT2D eigenvalue weighted by atomic mass is 10.0. The molecular weight excluding hydrogens is 637 g/mol. The van der Waals surface area contributed by atoms with E-state index in [4.69, 9.17) is 4.74 Å². The minimum absolute atomic E-state index is 0.0443. The van der Waals surface area contributed by atoms with Gasteiger partial charge >= 0.3 is 0 Å². The van der Waals surface area contributed by atoms with E-state index in [1.807, 2.05) is 47.4 Å². The van der Waals surface area contributed by atoms with Crippen molar-refractivity contribution in [2.45, 2.75) is 44.4 Å². The van der Waals surface area contributed by atoms with Gasteiger partial charge in [0.1, 0.15) is 29.7 Å². The van der Waals surface area contributed by atoms with Gasteiger partial charge in [0.2, 0.25) is 5.91 Å². The summed E-state index contributed by atoms with van der Waals surface area (Å²) in [6.45, 7) is 7.13. The first-order valence-corrected chi connectivity index (χ1v) is 17.6.